The third kappa shape index (κ3) is 4.49. The van der Waals surface area contributed by atoms with E-state index in [2.05, 4.69) is 48.5 Å². The molecule has 0 aromatic heterocycles. The number of hydrogen-bond acceptors (Lipinski definition) is 2. The van der Waals surface area contributed by atoms with Crippen LogP contribution in [0.5, 0.6) is 0 Å². The molecule has 28 heavy (non-hydrogen) atoms. The summed E-state index contributed by atoms with van der Waals surface area (Å²) in [6.45, 7) is 1.85. The van der Waals surface area contributed by atoms with Crippen LogP contribution in [0.1, 0.15) is 24.0 Å². The van der Waals surface area contributed by atoms with Gasteiger partial charge in [-0.25, -0.2) is 0 Å². The Balaban J connectivity index is 1.57. The lowest BCUT2D eigenvalue weighted by Crippen LogP contribution is -2.38. The van der Waals surface area contributed by atoms with Crippen LogP contribution in [0.2, 0.25) is 0 Å². The van der Waals surface area contributed by atoms with Crippen molar-refractivity contribution in [3.8, 4) is 11.1 Å². The van der Waals surface area contributed by atoms with Gasteiger partial charge in [0.15, 0.2) is 0 Å². The fourth-order valence-corrected chi connectivity index (χ4v) is 3.69. The monoisotopic (exact) mass is 371 g/mol. The SMILES string of the molecule is O=C(C1CCCO1)N(Cc1ccccc1)Cc1cccc(-c2ccccc2)c1. The van der Waals surface area contributed by atoms with Gasteiger partial charge in [-0.2, -0.15) is 0 Å². The van der Waals surface area contributed by atoms with Gasteiger partial charge >= 0.3 is 0 Å². The van der Waals surface area contributed by atoms with Crippen LogP contribution in [0.3, 0.4) is 0 Å². The molecule has 4 rings (SSSR count). The quantitative estimate of drug-likeness (QED) is 0.606. The average molecular weight is 371 g/mol. The number of amides is 1. The van der Waals surface area contributed by atoms with Crippen molar-refractivity contribution < 1.29 is 9.53 Å². The normalized spacial score (nSPS) is 16.1. The number of hydrogen-bond donors (Lipinski definition) is 0. The van der Waals surface area contributed by atoms with Crippen LogP contribution in [0.15, 0.2) is 84.9 Å². The maximum absolute atomic E-state index is 13.1. The van der Waals surface area contributed by atoms with Crippen LogP contribution in [-0.2, 0) is 22.6 Å². The minimum absolute atomic E-state index is 0.0893. The van der Waals surface area contributed by atoms with Gasteiger partial charge in [0.2, 0.25) is 0 Å². The van der Waals surface area contributed by atoms with E-state index in [-0.39, 0.29) is 12.0 Å². The van der Waals surface area contributed by atoms with Crippen molar-refractivity contribution in [2.24, 2.45) is 0 Å². The number of ether oxygens (including phenoxy) is 1. The van der Waals surface area contributed by atoms with Gasteiger partial charge in [-0.3, -0.25) is 4.79 Å². The Bertz CT molecular complexity index is 902. The van der Waals surface area contributed by atoms with Crippen molar-refractivity contribution in [2.45, 2.75) is 32.0 Å². The molecule has 1 unspecified atom stereocenters. The van der Waals surface area contributed by atoms with Gasteiger partial charge in [0.05, 0.1) is 0 Å². The molecule has 3 heteroatoms. The zero-order valence-electron chi connectivity index (χ0n) is 16.0. The van der Waals surface area contributed by atoms with Crippen LogP contribution in [0.25, 0.3) is 11.1 Å². The first-order valence-corrected chi connectivity index (χ1v) is 9.88. The van der Waals surface area contributed by atoms with E-state index in [1.54, 1.807) is 0 Å². The van der Waals surface area contributed by atoms with E-state index in [1.807, 2.05) is 41.3 Å². The molecule has 3 aromatic carbocycles. The minimum atomic E-state index is -0.305. The molecule has 1 amide bonds. The molecule has 1 atom stereocenters. The van der Waals surface area contributed by atoms with Crippen molar-refractivity contribution in [1.82, 2.24) is 4.90 Å². The van der Waals surface area contributed by atoms with Gasteiger partial charge in [-0.15, -0.1) is 0 Å². The molecule has 1 aliphatic heterocycles. The topological polar surface area (TPSA) is 29.5 Å². The number of nitrogens with zero attached hydrogens (tertiary/aromatic N) is 1. The van der Waals surface area contributed by atoms with Crippen LogP contribution < -0.4 is 0 Å². The average Bonchev–Trinajstić information content (AvgIpc) is 3.29. The van der Waals surface area contributed by atoms with E-state index in [0.29, 0.717) is 19.7 Å². The van der Waals surface area contributed by atoms with Gasteiger partial charge in [0.1, 0.15) is 6.10 Å². The van der Waals surface area contributed by atoms with Crippen LogP contribution in [0, 0.1) is 0 Å². The van der Waals surface area contributed by atoms with Crippen molar-refractivity contribution in [3.05, 3.63) is 96.1 Å². The highest BCUT2D eigenvalue weighted by atomic mass is 16.5. The highest BCUT2D eigenvalue weighted by Crippen LogP contribution is 2.23. The molecule has 1 fully saturated rings. The minimum Gasteiger partial charge on any atom is -0.368 e. The smallest absolute Gasteiger partial charge is 0.252 e. The molecule has 0 saturated carbocycles. The predicted molar refractivity (Wildman–Crippen MR) is 112 cm³/mol. The summed E-state index contributed by atoms with van der Waals surface area (Å²) in [7, 11) is 0. The first-order chi connectivity index (χ1) is 13.8. The first kappa shape index (κ1) is 18.5. The number of carbonyl (C=O) groups is 1. The van der Waals surface area contributed by atoms with Crippen LogP contribution in [0.4, 0.5) is 0 Å². The second-order valence-electron chi connectivity index (χ2n) is 7.25. The fraction of sp³-hybridized carbons (Fsp3) is 0.240. The standard InChI is InChI=1S/C25H25NO2/c27-25(24-15-8-16-28-24)26(18-20-9-3-1-4-10-20)19-21-11-7-14-23(17-21)22-12-5-2-6-13-22/h1-7,9-14,17,24H,8,15-16,18-19H2. The van der Waals surface area contributed by atoms with Gasteiger partial charge < -0.3 is 9.64 Å². The first-order valence-electron chi connectivity index (χ1n) is 9.88. The maximum atomic E-state index is 13.1. The molecule has 1 aliphatic rings. The maximum Gasteiger partial charge on any atom is 0.252 e. The number of carbonyl (C=O) groups excluding carboxylic acids is 1. The molecule has 3 aromatic rings. The summed E-state index contributed by atoms with van der Waals surface area (Å²) in [5, 5.41) is 0. The van der Waals surface area contributed by atoms with Crippen molar-refractivity contribution in [2.75, 3.05) is 6.61 Å². The van der Waals surface area contributed by atoms with E-state index in [4.69, 9.17) is 4.74 Å². The summed E-state index contributed by atoms with van der Waals surface area (Å²) in [5.41, 5.74) is 4.61. The molecule has 1 saturated heterocycles. The third-order valence-electron chi connectivity index (χ3n) is 5.14. The van der Waals surface area contributed by atoms with E-state index in [9.17, 15) is 4.79 Å². The van der Waals surface area contributed by atoms with Gasteiger partial charge in [-0.1, -0.05) is 78.9 Å². The summed E-state index contributed by atoms with van der Waals surface area (Å²) in [4.78, 5) is 15.0. The zero-order chi connectivity index (χ0) is 19.2. The molecular weight excluding hydrogens is 346 g/mol. The molecule has 0 aliphatic carbocycles. The predicted octanol–water partition coefficient (Wildman–Crippen LogP) is 5.06. The molecule has 0 N–H and O–H groups in total. The summed E-state index contributed by atoms with van der Waals surface area (Å²) in [5.74, 6) is 0.0893. The molecule has 0 radical (unpaired) electrons. The van der Waals surface area contributed by atoms with Crippen LogP contribution in [-0.4, -0.2) is 23.5 Å². The van der Waals surface area contributed by atoms with E-state index < -0.39 is 0 Å². The van der Waals surface area contributed by atoms with E-state index in [1.165, 1.54) is 11.1 Å². The lowest BCUT2D eigenvalue weighted by atomic mass is 10.0. The molecule has 3 nitrogen and oxygen atoms in total. The molecule has 0 spiro atoms. The van der Waals surface area contributed by atoms with Crippen molar-refractivity contribution >= 4 is 5.91 Å². The summed E-state index contributed by atoms with van der Waals surface area (Å²) in [6, 6.07) is 28.9. The number of rotatable bonds is 6. The largest absolute Gasteiger partial charge is 0.368 e. The van der Waals surface area contributed by atoms with Crippen LogP contribution >= 0.6 is 0 Å². The summed E-state index contributed by atoms with van der Waals surface area (Å²) < 4.78 is 5.67. The Kier molecular flexibility index (Phi) is 5.83. The third-order valence-corrected chi connectivity index (χ3v) is 5.14. The Morgan fingerprint density at radius 2 is 1.46 bits per heavy atom. The summed E-state index contributed by atoms with van der Waals surface area (Å²) >= 11 is 0. The Morgan fingerprint density at radius 3 is 2.18 bits per heavy atom. The molecule has 142 valence electrons. The second-order valence-corrected chi connectivity index (χ2v) is 7.25. The molecular formula is C25H25NO2. The van der Waals surface area contributed by atoms with Gasteiger partial charge in [0.25, 0.3) is 5.91 Å². The zero-order valence-corrected chi connectivity index (χ0v) is 16.0. The Morgan fingerprint density at radius 1 is 0.821 bits per heavy atom. The number of benzene rings is 3. The van der Waals surface area contributed by atoms with Gasteiger partial charge in [0, 0.05) is 19.7 Å². The van der Waals surface area contributed by atoms with E-state index >= 15 is 0 Å². The van der Waals surface area contributed by atoms with Gasteiger partial charge in [-0.05, 0) is 41.2 Å². The second kappa shape index (κ2) is 8.85. The molecule has 0 bridgehead atoms. The van der Waals surface area contributed by atoms with Crippen molar-refractivity contribution in [1.29, 1.82) is 0 Å². The lowest BCUT2D eigenvalue weighted by Gasteiger charge is -2.26. The van der Waals surface area contributed by atoms with Crippen molar-refractivity contribution in [3.63, 3.8) is 0 Å². The Hall–Kier alpha value is -2.91. The summed E-state index contributed by atoms with van der Waals surface area (Å²) in [6.07, 6.45) is 1.47. The fourth-order valence-electron chi connectivity index (χ4n) is 3.69. The highest BCUT2D eigenvalue weighted by molar-refractivity contribution is 5.81. The van der Waals surface area contributed by atoms with E-state index in [0.717, 1.165) is 24.0 Å². The Labute approximate surface area is 166 Å². The highest BCUT2D eigenvalue weighted by Gasteiger charge is 2.28. The lowest BCUT2D eigenvalue weighted by molar-refractivity contribution is -0.142. The molecule has 1 heterocycles.